The maximum absolute atomic E-state index is 11.6. The molecular formula is C12H17IO4. The zero-order valence-electron chi connectivity index (χ0n) is 10.2. The maximum atomic E-state index is 11.6. The first-order valence-electron chi connectivity index (χ1n) is 5.67. The zero-order valence-corrected chi connectivity index (χ0v) is 12.4. The van der Waals surface area contributed by atoms with Crippen molar-refractivity contribution in [3.05, 3.63) is 11.6 Å². The number of methoxy groups -OCH3 is 1. The zero-order chi connectivity index (χ0) is 12.6. The molecule has 1 heterocycles. The van der Waals surface area contributed by atoms with Gasteiger partial charge in [0.2, 0.25) is 0 Å². The van der Waals surface area contributed by atoms with Gasteiger partial charge in [0, 0.05) is 15.9 Å². The van der Waals surface area contributed by atoms with E-state index in [1.54, 1.807) is 0 Å². The first-order valence-corrected chi connectivity index (χ1v) is 7.20. The van der Waals surface area contributed by atoms with E-state index in [2.05, 4.69) is 22.6 Å². The lowest BCUT2D eigenvalue weighted by molar-refractivity contribution is -0.146. The molecule has 2 rings (SSSR count). The van der Waals surface area contributed by atoms with Crippen LogP contribution >= 0.6 is 22.6 Å². The number of rotatable bonds is 2. The monoisotopic (exact) mass is 352 g/mol. The van der Waals surface area contributed by atoms with Gasteiger partial charge in [0.15, 0.2) is 5.79 Å². The maximum Gasteiger partial charge on any atom is 0.333 e. The van der Waals surface area contributed by atoms with E-state index in [9.17, 15) is 4.79 Å². The highest BCUT2D eigenvalue weighted by atomic mass is 127. The van der Waals surface area contributed by atoms with Crippen LogP contribution in [0.25, 0.3) is 0 Å². The van der Waals surface area contributed by atoms with Gasteiger partial charge < -0.3 is 14.2 Å². The molecule has 5 heteroatoms. The number of esters is 1. The molecule has 1 aliphatic heterocycles. The number of carbonyl (C=O) groups is 1. The van der Waals surface area contributed by atoms with E-state index in [1.807, 2.05) is 19.9 Å². The van der Waals surface area contributed by atoms with Crippen molar-refractivity contribution < 1.29 is 19.0 Å². The molecule has 96 valence electrons. The summed E-state index contributed by atoms with van der Waals surface area (Å²) in [5.41, 5.74) is 0.705. The smallest absolute Gasteiger partial charge is 0.333 e. The Morgan fingerprint density at radius 1 is 1.59 bits per heavy atom. The summed E-state index contributed by atoms with van der Waals surface area (Å²) in [6.07, 6.45) is 2.48. The van der Waals surface area contributed by atoms with Gasteiger partial charge in [0.1, 0.15) is 6.10 Å². The molecule has 0 N–H and O–H groups in total. The molecule has 0 unspecified atom stereocenters. The highest BCUT2D eigenvalue weighted by molar-refractivity contribution is 14.1. The first kappa shape index (κ1) is 13.3. The molecule has 0 aromatic carbocycles. The van der Waals surface area contributed by atoms with Gasteiger partial charge in [-0.05, 0) is 26.3 Å². The second-order valence-electron chi connectivity index (χ2n) is 4.87. The van der Waals surface area contributed by atoms with Gasteiger partial charge in [-0.3, -0.25) is 0 Å². The highest BCUT2D eigenvalue weighted by Crippen LogP contribution is 2.39. The Morgan fingerprint density at radius 3 is 2.88 bits per heavy atom. The van der Waals surface area contributed by atoms with Crippen LogP contribution < -0.4 is 0 Å². The number of fused-ring (bicyclic) bond motifs is 1. The molecule has 0 aromatic rings. The van der Waals surface area contributed by atoms with Crippen LogP contribution in [0.3, 0.4) is 0 Å². The van der Waals surface area contributed by atoms with Crippen molar-refractivity contribution in [2.24, 2.45) is 5.92 Å². The van der Waals surface area contributed by atoms with Crippen molar-refractivity contribution in [3.8, 4) is 0 Å². The predicted molar refractivity (Wildman–Crippen MR) is 70.9 cm³/mol. The van der Waals surface area contributed by atoms with Crippen molar-refractivity contribution in [1.82, 2.24) is 0 Å². The number of ether oxygens (including phenoxy) is 3. The van der Waals surface area contributed by atoms with Crippen molar-refractivity contribution in [3.63, 3.8) is 0 Å². The molecule has 2 aliphatic rings. The van der Waals surface area contributed by atoms with Crippen LogP contribution in [-0.2, 0) is 19.0 Å². The van der Waals surface area contributed by atoms with Gasteiger partial charge >= 0.3 is 5.97 Å². The summed E-state index contributed by atoms with van der Waals surface area (Å²) in [5.74, 6) is -0.519. The summed E-state index contributed by atoms with van der Waals surface area (Å²) < 4.78 is 17.4. The summed E-state index contributed by atoms with van der Waals surface area (Å²) in [4.78, 5) is 11.6. The van der Waals surface area contributed by atoms with Gasteiger partial charge in [-0.1, -0.05) is 22.6 Å². The standard InChI is InChI=1S/C12H17IO4/c1-12(2)16-9-5-7(11(14)15-3)4-8(6-13)10(9)17-12/h5,8-10H,4,6H2,1-3H3/t8-,9+,10-/m0/s1. The number of halogens is 1. The summed E-state index contributed by atoms with van der Waals surface area (Å²) in [6.45, 7) is 3.81. The van der Waals surface area contributed by atoms with Crippen molar-refractivity contribution in [1.29, 1.82) is 0 Å². The largest absolute Gasteiger partial charge is 0.466 e. The predicted octanol–water partition coefficient (Wildman–Crippen LogP) is 2.06. The van der Waals surface area contributed by atoms with Crippen LogP contribution in [0.15, 0.2) is 11.6 Å². The van der Waals surface area contributed by atoms with Crippen LogP contribution in [0.5, 0.6) is 0 Å². The molecule has 3 atom stereocenters. The van der Waals surface area contributed by atoms with E-state index in [1.165, 1.54) is 7.11 Å². The number of alkyl halides is 1. The molecule has 4 nitrogen and oxygen atoms in total. The van der Waals surface area contributed by atoms with Gasteiger partial charge in [0.05, 0.1) is 13.2 Å². The van der Waals surface area contributed by atoms with Crippen LogP contribution in [0.2, 0.25) is 0 Å². The van der Waals surface area contributed by atoms with Crippen LogP contribution in [0.4, 0.5) is 0 Å². The average Bonchev–Trinajstić information content (AvgIpc) is 2.60. The normalized spacial score (nSPS) is 35.1. The van der Waals surface area contributed by atoms with E-state index >= 15 is 0 Å². The Labute approximate surface area is 115 Å². The molecule has 0 radical (unpaired) electrons. The second kappa shape index (κ2) is 4.85. The SMILES string of the molecule is COC(=O)C1=C[C@H]2OC(C)(C)O[C@H]2[C@H](CI)C1. The summed E-state index contributed by atoms with van der Waals surface area (Å²) in [7, 11) is 1.41. The van der Waals surface area contributed by atoms with E-state index in [0.29, 0.717) is 17.9 Å². The molecule has 0 aromatic heterocycles. The van der Waals surface area contributed by atoms with Crippen LogP contribution in [-0.4, -0.2) is 35.5 Å². The van der Waals surface area contributed by atoms with E-state index in [4.69, 9.17) is 14.2 Å². The third kappa shape index (κ3) is 2.66. The molecule has 17 heavy (non-hydrogen) atoms. The first-order chi connectivity index (χ1) is 7.96. The third-order valence-corrected chi connectivity index (χ3v) is 4.25. The number of carbonyl (C=O) groups excluding carboxylic acids is 1. The molecule has 1 fully saturated rings. The lowest BCUT2D eigenvalue weighted by Gasteiger charge is -2.28. The minimum absolute atomic E-state index is 0.0512. The Balaban J connectivity index is 2.23. The molecule has 1 saturated heterocycles. The molecule has 0 amide bonds. The number of hydrogen-bond acceptors (Lipinski definition) is 4. The fourth-order valence-electron chi connectivity index (χ4n) is 2.40. The minimum Gasteiger partial charge on any atom is -0.466 e. The average molecular weight is 352 g/mol. The van der Waals surface area contributed by atoms with Crippen LogP contribution in [0.1, 0.15) is 20.3 Å². The topological polar surface area (TPSA) is 44.8 Å². The summed E-state index contributed by atoms with van der Waals surface area (Å²) >= 11 is 2.33. The fourth-order valence-corrected chi connectivity index (χ4v) is 3.21. The van der Waals surface area contributed by atoms with E-state index in [0.717, 1.165) is 4.43 Å². The molecule has 0 saturated carbocycles. The Hall–Kier alpha value is -0.140. The third-order valence-electron chi connectivity index (χ3n) is 3.12. The molecule has 0 spiro atoms. The lowest BCUT2D eigenvalue weighted by atomic mass is 9.86. The van der Waals surface area contributed by atoms with Crippen molar-refractivity contribution >= 4 is 28.6 Å². The summed E-state index contributed by atoms with van der Waals surface area (Å²) in [5, 5.41) is 0. The Morgan fingerprint density at radius 2 is 2.29 bits per heavy atom. The number of hydrogen-bond donors (Lipinski definition) is 0. The Bertz CT molecular complexity index is 350. The van der Waals surface area contributed by atoms with Gasteiger partial charge in [0.25, 0.3) is 0 Å². The van der Waals surface area contributed by atoms with E-state index in [-0.39, 0.29) is 18.2 Å². The van der Waals surface area contributed by atoms with E-state index < -0.39 is 5.79 Å². The second-order valence-corrected chi connectivity index (χ2v) is 5.75. The Kier molecular flexibility index (Phi) is 3.80. The minimum atomic E-state index is -0.568. The molecular weight excluding hydrogens is 335 g/mol. The lowest BCUT2D eigenvalue weighted by Crippen LogP contribution is -2.36. The van der Waals surface area contributed by atoms with Gasteiger partial charge in [-0.25, -0.2) is 4.79 Å². The highest BCUT2D eigenvalue weighted by Gasteiger charge is 2.46. The fraction of sp³-hybridized carbons (Fsp3) is 0.750. The van der Waals surface area contributed by atoms with Crippen molar-refractivity contribution in [2.45, 2.75) is 38.3 Å². The molecule has 1 aliphatic carbocycles. The van der Waals surface area contributed by atoms with Crippen LogP contribution in [0, 0.1) is 5.92 Å². The molecule has 0 bridgehead atoms. The van der Waals surface area contributed by atoms with Gasteiger partial charge in [-0.15, -0.1) is 0 Å². The van der Waals surface area contributed by atoms with Gasteiger partial charge in [-0.2, -0.15) is 0 Å². The quantitative estimate of drug-likeness (QED) is 0.434. The summed E-state index contributed by atoms with van der Waals surface area (Å²) in [6, 6.07) is 0. The van der Waals surface area contributed by atoms with Crippen molar-refractivity contribution in [2.75, 3.05) is 11.5 Å².